The molecule has 3 N–H and O–H groups in total. The molecule has 0 saturated carbocycles. The maximum atomic E-state index is 5.76. The van der Waals surface area contributed by atoms with E-state index >= 15 is 0 Å². The highest BCUT2D eigenvalue weighted by Gasteiger charge is 2.19. The van der Waals surface area contributed by atoms with Gasteiger partial charge in [0.1, 0.15) is 16.8 Å². The molecule has 2 aromatic rings. The molecule has 0 fully saturated rings. The van der Waals surface area contributed by atoms with Gasteiger partial charge in [-0.3, -0.25) is 9.78 Å². The zero-order valence-electron chi connectivity index (χ0n) is 8.90. The van der Waals surface area contributed by atoms with Gasteiger partial charge in [-0.1, -0.05) is 12.2 Å². The van der Waals surface area contributed by atoms with E-state index in [1.54, 1.807) is 0 Å². The van der Waals surface area contributed by atoms with Crippen molar-refractivity contribution in [3.05, 3.63) is 11.0 Å². The molecule has 5 nitrogen and oxygen atoms in total. The summed E-state index contributed by atoms with van der Waals surface area (Å²) in [5.41, 5.74) is 6.40. The van der Waals surface area contributed by atoms with Gasteiger partial charge >= 0.3 is 0 Å². The number of anilines is 1. The third kappa shape index (κ3) is 1.50. The highest BCUT2D eigenvalue weighted by molar-refractivity contribution is 7.71. The molecule has 0 bridgehead atoms. The van der Waals surface area contributed by atoms with Crippen molar-refractivity contribution in [1.29, 1.82) is 0 Å². The number of H-pyrrole nitrogens is 1. The van der Waals surface area contributed by atoms with Crippen molar-refractivity contribution in [2.75, 3.05) is 5.73 Å². The Hall–Kier alpha value is -1.43. The number of hydrogen-bond acceptors (Lipinski definition) is 4. The number of hydrogen-bond donors (Lipinski definition) is 2. The Balaban J connectivity index is 2.92. The zero-order chi connectivity index (χ0) is 11.2. The monoisotopic (exact) mass is 223 g/mol. The molecule has 0 spiro atoms. The van der Waals surface area contributed by atoms with Gasteiger partial charge in [-0.15, -0.1) is 0 Å². The molecule has 2 aromatic heterocycles. The summed E-state index contributed by atoms with van der Waals surface area (Å²) in [6.45, 7) is 6.20. The van der Waals surface area contributed by atoms with Crippen LogP contribution in [0.2, 0.25) is 0 Å². The van der Waals surface area contributed by atoms with E-state index in [4.69, 9.17) is 18.0 Å². The molecule has 2 rings (SSSR count). The number of nitrogens with zero attached hydrogens (tertiary/aromatic N) is 3. The van der Waals surface area contributed by atoms with E-state index in [0.29, 0.717) is 10.5 Å². The van der Waals surface area contributed by atoms with Gasteiger partial charge in [0.2, 0.25) is 0 Å². The first kappa shape index (κ1) is 10.1. The third-order valence-corrected chi connectivity index (χ3v) is 2.48. The van der Waals surface area contributed by atoms with Crippen LogP contribution in [0.4, 0.5) is 5.82 Å². The first-order valence-electron chi connectivity index (χ1n) is 4.63. The average Bonchev–Trinajstić information content (AvgIpc) is 2.44. The second-order valence-corrected chi connectivity index (χ2v) is 4.81. The van der Waals surface area contributed by atoms with Crippen molar-refractivity contribution in [1.82, 2.24) is 19.7 Å². The Morgan fingerprint density at radius 2 is 2.07 bits per heavy atom. The van der Waals surface area contributed by atoms with Crippen LogP contribution >= 0.6 is 12.2 Å². The molecule has 15 heavy (non-hydrogen) atoms. The predicted octanol–water partition coefficient (Wildman–Crippen LogP) is 1.83. The van der Waals surface area contributed by atoms with E-state index in [9.17, 15) is 0 Å². The molecule has 0 aliphatic rings. The summed E-state index contributed by atoms with van der Waals surface area (Å²) in [6.07, 6.45) is 1.45. The van der Waals surface area contributed by atoms with Crippen molar-refractivity contribution >= 4 is 29.1 Å². The number of rotatable bonds is 0. The number of aromatic nitrogens is 4. The minimum atomic E-state index is -0.115. The standard InChI is InChI=1S/C9H13N5S/c1-9(2,3)14-7-5(8(15)13-14)6(10)11-4-12-7/h4H,1-3H3,(H,13,15)(H2,10,11,12). The Kier molecular flexibility index (Phi) is 2.04. The van der Waals surface area contributed by atoms with Crippen LogP contribution in [0, 0.1) is 4.64 Å². The fraction of sp³-hybridized carbons (Fsp3) is 0.444. The number of nitrogens with two attached hydrogens (primary N) is 1. The molecule has 0 atom stereocenters. The average molecular weight is 223 g/mol. The van der Waals surface area contributed by atoms with Crippen molar-refractivity contribution in [3.8, 4) is 0 Å². The van der Waals surface area contributed by atoms with Gasteiger partial charge in [0.05, 0.1) is 10.9 Å². The fourth-order valence-electron chi connectivity index (χ4n) is 1.47. The zero-order valence-corrected chi connectivity index (χ0v) is 9.72. The topological polar surface area (TPSA) is 72.5 Å². The fourth-order valence-corrected chi connectivity index (χ4v) is 1.76. The summed E-state index contributed by atoms with van der Waals surface area (Å²) in [6, 6.07) is 0. The van der Waals surface area contributed by atoms with E-state index < -0.39 is 0 Å². The van der Waals surface area contributed by atoms with Crippen LogP contribution in [0.1, 0.15) is 20.8 Å². The van der Waals surface area contributed by atoms with Gasteiger partial charge in [-0.2, -0.15) is 0 Å². The molecule has 0 radical (unpaired) electrons. The molecule has 0 aliphatic carbocycles. The lowest BCUT2D eigenvalue weighted by molar-refractivity contribution is 0.365. The van der Waals surface area contributed by atoms with Crippen LogP contribution in [0.25, 0.3) is 11.0 Å². The van der Waals surface area contributed by atoms with Gasteiger partial charge in [0.25, 0.3) is 0 Å². The van der Waals surface area contributed by atoms with Crippen molar-refractivity contribution < 1.29 is 0 Å². The molecule has 80 valence electrons. The Morgan fingerprint density at radius 1 is 1.40 bits per heavy atom. The minimum absolute atomic E-state index is 0.115. The maximum Gasteiger partial charge on any atom is 0.163 e. The summed E-state index contributed by atoms with van der Waals surface area (Å²) in [4.78, 5) is 8.13. The summed E-state index contributed by atoms with van der Waals surface area (Å²) < 4.78 is 2.49. The van der Waals surface area contributed by atoms with E-state index in [-0.39, 0.29) is 5.54 Å². The summed E-state index contributed by atoms with van der Waals surface area (Å²) in [5.74, 6) is 0.421. The van der Waals surface area contributed by atoms with Gasteiger partial charge in [-0.25, -0.2) is 9.97 Å². The summed E-state index contributed by atoms with van der Waals surface area (Å²) in [7, 11) is 0. The van der Waals surface area contributed by atoms with Crippen LogP contribution in [-0.2, 0) is 5.54 Å². The number of fused-ring (bicyclic) bond motifs is 1. The predicted molar refractivity (Wildman–Crippen MR) is 62.1 cm³/mol. The lowest BCUT2D eigenvalue weighted by Crippen LogP contribution is -2.23. The molecule has 0 aliphatic heterocycles. The van der Waals surface area contributed by atoms with E-state index in [2.05, 4.69) is 35.8 Å². The number of nitrogen functional groups attached to an aromatic ring is 1. The van der Waals surface area contributed by atoms with Gasteiger partial charge in [-0.05, 0) is 20.8 Å². The van der Waals surface area contributed by atoms with Gasteiger partial charge in [0.15, 0.2) is 5.65 Å². The largest absolute Gasteiger partial charge is 0.383 e. The Bertz CT molecular complexity index is 560. The van der Waals surface area contributed by atoms with Gasteiger partial charge in [0, 0.05) is 0 Å². The molecule has 2 heterocycles. The van der Waals surface area contributed by atoms with E-state index in [1.807, 2.05) is 4.68 Å². The molecule has 0 unspecified atom stereocenters. The highest BCUT2D eigenvalue weighted by atomic mass is 32.1. The van der Waals surface area contributed by atoms with Crippen LogP contribution in [0.15, 0.2) is 6.33 Å². The summed E-state index contributed by atoms with van der Waals surface area (Å²) in [5, 5.41) is 3.81. The van der Waals surface area contributed by atoms with E-state index in [0.717, 1.165) is 11.0 Å². The molecule has 0 amide bonds. The van der Waals surface area contributed by atoms with Crippen molar-refractivity contribution in [2.45, 2.75) is 26.3 Å². The lowest BCUT2D eigenvalue weighted by atomic mass is 10.1. The molecular formula is C9H13N5S. The Morgan fingerprint density at radius 3 is 2.67 bits per heavy atom. The Labute approximate surface area is 92.3 Å². The normalized spacial score (nSPS) is 12.2. The number of aromatic amines is 1. The molecule has 6 heteroatoms. The lowest BCUT2D eigenvalue weighted by Gasteiger charge is -2.20. The highest BCUT2D eigenvalue weighted by Crippen LogP contribution is 2.23. The number of nitrogens with one attached hydrogen (secondary N) is 1. The molecular weight excluding hydrogens is 210 g/mol. The molecule has 0 aromatic carbocycles. The van der Waals surface area contributed by atoms with E-state index in [1.165, 1.54) is 6.33 Å². The van der Waals surface area contributed by atoms with Crippen LogP contribution < -0.4 is 5.73 Å². The quantitative estimate of drug-likeness (QED) is 0.668. The van der Waals surface area contributed by atoms with Crippen molar-refractivity contribution in [3.63, 3.8) is 0 Å². The third-order valence-electron chi connectivity index (χ3n) is 2.18. The van der Waals surface area contributed by atoms with Gasteiger partial charge < -0.3 is 5.73 Å². The first-order valence-corrected chi connectivity index (χ1v) is 5.04. The smallest absolute Gasteiger partial charge is 0.163 e. The van der Waals surface area contributed by atoms with Crippen molar-refractivity contribution in [2.24, 2.45) is 0 Å². The molecule has 0 saturated heterocycles. The maximum absolute atomic E-state index is 5.76. The minimum Gasteiger partial charge on any atom is -0.383 e. The second kappa shape index (κ2) is 3.03. The second-order valence-electron chi connectivity index (χ2n) is 4.40. The summed E-state index contributed by atoms with van der Waals surface area (Å²) >= 11 is 5.19. The van der Waals surface area contributed by atoms with Crippen LogP contribution in [0.3, 0.4) is 0 Å². The van der Waals surface area contributed by atoms with Crippen LogP contribution in [-0.4, -0.2) is 19.7 Å². The SMILES string of the molecule is CC(C)(C)n1[nH]c(=S)c2c(N)ncnc21. The van der Waals surface area contributed by atoms with Crippen LogP contribution in [0.5, 0.6) is 0 Å². The first-order chi connectivity index (χ1) is 6.91.